The van der Waals surface area contributed by atoms with Crippen LogP contribution in [-0.4, -0.2) is 5.91 Å². The molecule has 0 atom stereocenters. The minimum absolute atomic E-state index is 0.404. The Hall–Kier alpha value is -2.09. The lowest BCUT2D eigenvalue weighted by Crippen LogP contribution is -2.12. The number of primary amides is 1. The van der Waals surface area contributed by atoms with Crippen molar-refractivity contribution in [1.29, 1.82) is 0 Å². The van der Waals surface area contributed by atoms with E-state index in [1.54, 1.807) is 12.2 Å². The SMILES string of the molecule is NC(=O)C1=CC2=CC=CC=CC2=CC=C1. The summed E-state index contributed by atoms with van der Waals surface area (Å²) in [7, 11) is 0. The van der Waals surface area contributed by atoms with E-state index in [1.807, 2.05) is 42.5 Å². The van der Waals surface area contributed by atoms with Crippen LogP contribution in [0.3, 0.4) is 0 Å². The van der Waals surface area contributed by atoms with Gasteiger partial charge in [-0.05, 0) is 23.3 Å². The van der Waals surface area contributed by atoms with Gasteiger partial charge in [-0.2, -0.15) is 0 Å². The second kappa shape index (κ2) is 3.96. The molecule has 0 heterocycles. The largest absolute Gasteiger partial charge is 0.366 e. The monoisotopic (exact) mass is 197 g/mol. The third kappa shape index (κ3) is 2.05. The fourth-order valence-electron chi connectivity index (χ4n) is 1.48. The van der Waals surface area contributed by atoms with E-state index in [-0.39, 0.29) is 0 Å². The van der Waals surface area contributed by atoms with Gasteiger partial charge in [0.2, 0.25) is 5.91 Å². The summed E-state index contributed by atoms with van der Waals surface area (Å²) in [5.74, 6) is -0.404. The molecule has 0 aliphatic heterocycles. The second-order valence-electron chi connectivity index (χ2n) is 3.31. The summed E-state index contributed by atoms with van der Waals surface area (Å²) in [5.41, 5.74) is 7.85. The molecule has 2 nitrogen and oxygen atoms in total. The van der Waals surface area contributed by atoms with Crippen LogP contribution >= 0.6 is 0 Å². The number of rotatable bonds is 1. The van der Waals surface area contributed by atoms with E-state index in [0.717, 1.165) is 11.1 Å². The Kier molecular flexibility index (Phi) is 2.50. The van der Waals surface area contributed by atoms with Crippen LogP contribution < -0.4 is 5.73 Å². The Bertz CT molecular complexity index is 471. The van der Waals surface area contributed by atoms with Crippen molar-refractivity contribution < 1.29 is 4.79 Å². The first-order valence-electron chi connectivity index (χ1n) is 4.72. The summed E-state index contributed by atoms with van der Waals surface area (Å²) < 4.78 is 0. The third-order valence-electron chi connectivity index (χ3n) is 2.25. The first-order valence-corrected chi connectivity index (χ1v) is 4.72. The van der Waals surface area contributed by atoms with Crippen LogP contribution in [0.15, 0.2) is 71.4 Å². The second-order valence-corrected chi connectivity index (χ2v) is 3.31. The lowest BCUT2D eigenvalue weighted by molar-refractivity contribution is -0.114. The van der Waals surface area contributed by atoms with Crippen molar-refractivity contribution in [3.8, 4) is 0 Å². The van der Waals surface area contributed by atoms with Crippen LogP contribution in [0, 0.1) is 0 Å². The number of carbonyl (C=O) groups excluding carboxylic acids is 1. The molecule has 2 N–H and O–H groups in total. The van der Waals surface area contributed by atoms with Crippen LogP contribution in [0.25, 0.3) is 0 Å². The van der Waals surface area contributed by atoms with Gasteiger partial charge in [-0.25, -0.2) is 0 Å². The molecule has 0 aromatic rings. The van der Waals surface area contributed by atoms with E-state index in [4.69, 9.17) is 5.73 Å². The van der Waals surface area contributed by atoms with E-state index in [1.165, 1.54) is 0 Å². The Morgan fingerprint density at radius 1 is 0.933 bits per heavy atom. The van der Waals surface area contributed by atoms with Crippen LogP contribution in [0.1, 0.15) is 0 Å². The number of allylic oxidation sites excluding steroid dienone is 10. The Morgan fingerprint density at radius 3 is 2.53 bits per heavy atom. The molecule has 2 aliphatic carbocycles. The molecule has 0 unspecified atom stereocenters. The average Bonchev–Trinajstić information content (AvgIpc) is 2.50. The fraction of sp³-hybridized carbons (Fsp3) is 0. The van der Waals surface area contributed by atoms with Gasteiger partial charge in [0.25, 0.3) is 0 Å². The predicted molar refractivity (Wildman–Crippen MR) is 60.9 cm³/mol. The first-order chi connectivity index (χ1) is 7.27. The quantitative estimate of drug-likeness (QED) is 0.686. The molecule has 0 saturated carbocycles. The molecule has 0 spiro atoms. The fourth-order valence-corrected chi connectivity index (χ4v) is 1.48. The molecule has 0 aromatic carbocycles. The van der Waals surface area contributed by atoms with Crippen molar-refractivity contribution in [2.45, 2.75) is 0 Å². The minimum atomic E-state index is -0.404. The number of hydrogen-bond donors (Lipinski definition) is 1. The van der Waals surface area contributed by atoms with Gasteiger partial charge in [0, 0.05) is 5.57 Å². The van der Waals surface area contributed by atoms with Crippen molar-refractivity contribution in [2.75, 3.05) is 0 Å². The standard InChI is InChI=1S/C13H11NO/c14-13(15)12-8-4-7-10-5-2-1-3-6-11(10)9-12/h1-9H,(H2,14,15). The Balaban J connectivity index is 2.48. The zero-order valence-corrected chi connectivity index (χ0v) is 8.18. The summed E-state index contributed by atoms with van der Waals surface area (Å²) in [6.45, 7) is 0. The molecule has 2 rings (SSSR count). The molecule has 15 heavy (non-hydrogen) atoms. The van der Waals surface area contributed by atoms with E-state index in [9.17, 15) is 4.79 Å². The van der Waals surface area contributed by atoms with E-state index in [0.29, 0.717) is 5.57 Å². The molecular formula is C13H11NO. The number of nitrogens with two attached hydrogens (primary N) is 1. The average molecular weight is 197 g/mol. The highest BCUT2D eigenvalue weighted by Gasteiger charge is 2.07. The van der Waals surface area contributed by atoms with Gasteiger partial charge in [0.1, 0.15) is 0 Å². The Morgan fingerprint density at radius 2 is 1.73 bits per heavy atom. The third-order valence-corrected chi connectivity index (χ3v) is 2.25. The maximum atomic E-state index is 11.1. The van der Waals surface area contributed by atoms with Crippen molar-refractivity contribution in [1.82, 2.24) is 0 Å². The van der Waals surface area contributed by atoms with Crippen LogP contribution in [0.2, 0.25) is 0 Å². The molecule has 74 valence electrons. The number of fused-ring (bicyclic) bond motifs is 1. The summed E-state index contributed by atoms with van der Waals surface area (Å²) in [5, 5.41) is 0. The summed E-state index contributed by atoms with van der Waals surface area (Å²) in [4.78, 5) is 11.1. The van der Waals surface area contributed by atoms with Crippen LogP contribution in [0.5, 0.6) is 0 Å². The molecule has 2 aliphatic rings. The molecule has 1 amide bonds. The molecular weight excluding hydrogens is 186 g/mol. The van der Waals surface area contributed by atoms with Crippen LogP contribution in [0.4, 0.5) is 0 Å². The molecule has 0 aromatic heterocycles. The van der Waals surface area contributed by atoms with Gasteiger partial charge in [0.05, 0.1) is 0 Å². The molecule has 0 saturated heterocycles. The van der Waals surface area contributed by atoms with Crippen LogP contribution in [-0.2, 0) is 4.79 Å². The summed E-state index contributed by atoms with van der Waals surface area (Å²) in [6.07, 6.45) is 17.1. The van der Waals surface area contributed by atoms with Crippen molar-refractivity contribution in [3.05, 3.63) is 71.4 Å². The van der Waals surface area contributed by atoms with E-state index in [2.05, 4.69) is 0 Å². The van der Waals surface area contributed by atoms with Gasteiger partial charge in [-0.1, -0.05) is 42.5 Å². The smallest absolute Gasteiger partial charge is 0.248 e. The van der Waals surface area contributed by atoms with Gasteiger partial charge < -0.3 is 5.73 Å². The summed E-state index contributed by atoms with van der Waals surface area (Å²) in [6, 6.07) is 0. The van der Waals surface area contributed by atoms with Crippen molar-refractivity contribution in [3.63, 3.8) is 0 Å². The maximum Gasteiger partial charge on any atom is 0.248 e. The highest BCUT2D eigenvalue weighted by Crippen LogP contribution is 2.21. The highest BCUT2D eigenvalue weighted by atomic mass is 16.1. The first kappa shape index (κ1) is 9.46. The van der Waals surface area contributed by atoms with Crippen molar-refractivity contribution in [2.24, 2.45) is 5.73 Å². The lowest BCUT2D eigenvalue weighted by atomic mass is 10.0. The van der Waals surface area contributed by atoms with Gasteiger partial charge in [-0.3, -0.25) is 4.79 Å². The topological polar surface area (TPSA) is 43.1 Å². The highest BCUT2D eigenvalue weighted by molar-refractivity contribution is 5.96. The van der Waals surface area contributed by atoms with Gasteiger partial charge in [-0.15, -0.1) is 0 Å². The maximum absolute atomic E-state index is 11.1. The van der Waals surface area contributed by atoms with Gasteiger partial charge >= 0.3 is 0 Å². The molecule has 0 fully saturated rings. The van der Waals surface area contributed by atoms with Gasteiger partial charge in [0.15, 0.2) is 0 Å². The normalized spacial score (nSPS) is 18.3. The minimum Gasteiger partial charge on any atom is -0.366 e. The summed E-state index contributed by atoms with van der Waals surface area (Å²) >= 11 is 0. The van der Waals surface area contributed by atoms with Crippen molar-refractivity contribution >= 4 is 5.91 Å². The number of amides is 1. The molecule has 2 heteroatoms. The lowest BCUT2D eigenvalue weighted by Gasteiger charge is -2.00. The Labute approximate surface area is 88.5 Å². The molecule has 0 radical (unpaired) electrons. The zero-order chi connectivity index (χ0) is 10.7. The van der Waals surface area contributed by atoms with E-state index < -0.39 is 5.91 Å². The van der Waals surface area contributed by atoms with E-state index >= 15 is 0 Å². The number of carbonyl (C=O) groups is 1. The molecule has 0 bridgehead atoms. The zero-order valence-electron chi connectivity index (χ0n) is 8.18. The number of hydrogen-bond acceptors (Lipinski definition) is 1. The predicted octanol–water partition coefficient (Wildman–Crippen LogP) is 1.95.